The Labute approximate surface area is 167 Å². The first kappa shape index (κ1) is 21.7. The molecule has 0 amide bonds. The molecule has 2 N–H and O–H groups in total. The number of ether oxygens (including phenoxy) is 1. The fourth-order valence-corrected chi connectivity index (χ4v) is 2.55. The van der Waals surface area contributed by atoms with Crippen molar-refractivity contribution in [3.63, 3.8) is 0 Å². The fraction of sp³-hybridized carbons (Fsp3) is 0.286. The van der Waals surface area contributed by atoms with Crippen LogP contribution in [0.4, 0.5) is 0 Å². The number of phenolic OH excluding ortho intramolecular Hbond substituents is 2. The number of hydrogen-bond donors (Lipinski definition) is 2. The zero-order chi connectivity index (χ0) is 21.4. The van der Waals surface area contributed by atoms with Crippen LogP contribution in [0.3, 0.4) is 0 Å². The molecular formula is C21H23N3O5. The van der Waals surface area contributed by atoms with E-state index in [1.807, 2.05) is 0 Å². The van der Waals surface area contributed by atoms with Gasteiger partial charge in [-0.15, -0.1) is 0 Å². The molecule has 29 heavy (non-hydrogen) atoms. The molecule has 3 aromatic rings. The molecular weight excluding hydrogens is 374 g/mol. The van der Waals surface area contributed by atoms with Gasteiger partial charge in [-0.3, -0.25) is 4.79 Å². The van der Waals surface area contributed by atoms with E-state index in [9.17, 15) is 15.0 Å². The van der Waals surface area contributed by atoms with Gasteiger partial charge < -0.3 is 19.4 Å². The molecule has 0 aliphatic heterocycles. The van der Waals surface area contributed by atoms with E-state index in [0.29, 0.717) is 29.3 Å². The molecule has 0 saturated carbocycles. The van der Waals surface area contributed by atoms with Crippen LogP contribution in [0.2, 0.25) is 0 Å². The number of methoxy groups -OCH3 is 1. The first-order chi connectivity index (χ1) is 13.9. The lowest BCUT2D eigenvalue weighted by Crippen LogP contribution is -2.05. The van der Waals surface area contributed by atoms with Gasteiger partial charge in [-0.05, 0) is 35.6 Å². The highest BCUT2D eigenvalue weighted by Gasteiger charge is 2.13. The van der Waals surface area contributed by atoms with E-state index in [1.54, 1.807) is 31.4 Å². The van der Waals surface area contributed by atoms with Crippen molar-refractivity contribution in [1.29, 1.82) is 0 Å². The highest BCUT2D eigenvalue weighted by atomic mass is 16.5. The third-order valence-electron chi connectivity index (χ3n) is 4.11. The van der Waals surface area contributed by atoms with E-state index in [4.69, 9.17) is 14.7 Å². The molecule has 0 unspecified atom stereocenters. The highest BCUT2D eigenvalue weighted by Crippen LogP contribution is 2.29. The Morgan fingerprint density at radius 1 is 1.21 bits per heavy atom. The van der Waals surface area contributed by atoms with Gasteiger partial charge in [-0.2, -0.15) is 0 Å². The number of aromatic hydroxyl groups is 2. The number of fused-ring (bicyclic) bond motifs is 1. The molecule has 8 nitrogen and oxygen atoms in total. The Balaban J connectivity index is 0.000000321. The average molecular weight is 397 g/mol. The minimum absolute atomic E-state index is 0.0427. The van der Waals surface area contributed by atoms with Crippen molar-refractivity contribution >= 4 is 11.0 Å². The van der Waals surface area contributed by atoms with Gasteiger partial charge in [0.1, 0.15) is 34.5 Å². The molecule has 0 fully saturated rings. The van der Waals surface area contributed by atoms with E-state index < -0.39 is 0 Å². The van der Waals surface area contributed by atoms with Crippen molar-refractivity contribution in [2.24, 2.45) is 11.0 Å². The summed E-state index contributed by atoms with van der Waals surface area (Å²) in [5.41, 5.74) is 8.59. The van der Waals surface area contributed by atoms with Crippen molar-refractivity contribution in [1.82, 2.24) is 0 Å². The lowest BCUT2D eigenvalue weighted by atomic mass is 10.0. The number of azide groups is 1. The van der Waals surface area contributed by atoms with Crippen LogP contribution in [0, 0.1) is 5.92 Å². The zero-order valence-corrected chi connectivity index (χ0v) is 16.5. The van der Waals surface area contributed by atoms with E-state index in [-0.39, 0.29) is 27.9 Å². The second-order valence-corrected chi connectivity index (χ2v) is 6.68. The average Bonchev–Trinajstić information content (AvgIpc) is 2.68. The summed E-state index contributed by atoms with van der Waals surface area (Å²) in [6.45, 7) is 4.84. The standard InChI is InChI=1S/C16H12O5.C5H11N3/c1-20-11-4-2-9(3-5-11)12-8-21-14-7-10(17)6-13(18)15(14)16(12)19;1-5(2)3-4-7-8-6/h2-8,17-18H,1H3;5H,3-4H2,1-2H3. The van der Waals surface area contributed by atoms with Gasteiger partial charge in [0, 0.05) is 23.6 Å². The Morgan fingerprint density at radius 2 is 1.90 bits per heavy atom. The summed E-state index contributed by atoms with van der Waals surface area (Å²) in [6, 6.07) is 9.32. The largest absolute Gasteiger partial charge is 0.508 e. The topological polar surface area (TPSA) is 129 Å². The molecule has 1 heterocycles. The molecule has 0 aliphatic carbocycles. The summed E-state index contributed by atoms with van der Waals surface area (Å²) in [6.07, 6.45) is 2.30. The molecule has 0 spiro atoms. The molecule has 0 radical (unpaired) electrons. The molecule has 0 atom stereocenters. The van der Waals surface area contributed by atoms with E-state index in [1.165, 1.54) is 12.3 Å². The maximum atomic E-state index is 12.5. The summed E-state index contributed by atoms with van der Waals surface area (Å²) < 4.78 is 10.4. The van der Waals surface area contributed by atoms with Gasteiger partial charge in [0.05, 0.1) is 12.7 Å². The minimum atomic E-state index is -0.362. The molecule has 0 aliphatic rings. The van der Waals surface area contributed by atoms with Gasteiger partial charge in [0.15, 0.2) is 0 Å². The van der Waals surface area contributed by atoms with Crippen molar-refractivity contribution < 1.29 is 19.4 Å². The van der Waals surface area contributed by atoms with Crippen LogP contribution in [-0.2, 0) is 0 Å². The molecule has 3 rings (SSSR count). The molecule has 0 bridgehead atoms. The SMILES string of the molecule is CC(C)CCN=[N+]=[N-].COc1ccc(-c2coc3cc(O)cc(O)c3c2=O)cc1. The van der Waals surface area contributed by atoms with Gasteiger partial charge in [-0.25, -0.2) is 0 Å². The number of phenols is 2. The first-order valence-corrected chi connectivity index (χ1v) is 9.00. The Morgan fingerprint density at radius 3 is 2.48 bits per heavy atom. The smallest absolute Gasteiger partial charge is 0.204 e. The lowest BCUT2D eigenvalue weighted by Gasteiger charge is -2.05. The van der Waals surface area contributed by atoms with Gasteiger partial charge in [0.2, 0.25) is 5.43 Å². The van der Waals surface area contributed by atoms with Crippen LogP contribution in [0.15, 0.2) is 57.0 Å². The van der Waals surface area contributed by atoms with E-state index >= 15 is 0 Å². The number of nitrogens with zero attached hydrogens (tertiary/aromatic N) is 3. The van der Waals surface area contributed by atoms with Gasteiger partial charge in [-0.1, -0.05) is 31.1 Å². The van der Waals surface area contributed by atoms with Crippen LogP contribution < -0.4 is 10.2 Å². The number of hydrogen-bond acceptors (Lipinski definition) is 6. The monoisotopic (exact) mass is 397 g/mol. The summed E-state index contributed by atoms with van der Waals surface area (Å²) >= 11 is 0. The Hall–Kier alpha value is -3.64. The summed E-state index contributed by atoms with van der Waals surface area (Å²) in [4.78, 5) is 15.1. The maximum Gasteiger partial charge on any atom is 0.204 e. The van der Waals surface area contributed by atoms with E-state index in [0.717, 1.165) is 12.5 Å². The Kier molecular flexibility index (Phi) is 7.51. The fourth-order valence-electron chi connectivity index (χ4n) is 2.55. The second kappa shape index (κ2) is 10.1. The first-order valence-electron chi connectivity index (χ1n) is 9.00. The van der Waals surface area contributed by atoms with Crippen LogP contribution in [0.25, 0.3) is 32.5 Å². The van der Waals surface area contributed by atoms with Crippen LogP contribution >= 0.6 is 0 Å². The second-order valence-electron chi connectivity index (χ2n) is 6.68. The summed E-state index contributed by atoms with van der Waals surface area (Å²) in [5, 5.41) is 22.7. The molecule has 2 aromatic carbocycles. The third-order valence-corrected chi connectivity index (χ3v) is 4.11. The van der Waals surface area contributed by atoms with Crippen molar-refractivity contribution in [3.05, 3.63) is 63.3 Å². The Bertz CT molecular complexity index is 1070. The number of rotatable bonds is 5. The molecule has 152 valence electrons. The van der Waals surface area contributed by atoms with E-state index in [2.05, 4.69) is 23.9 Å². The normalized spacial score (nSPS) is 10.2. The van der Waals surface area contributed by atoms with Crippen LogP contribution in [0.5, 0.6) is 17.2 Å². The molecule has 1 aromatic heterocycles. The van der Waals surface area contributed by atoms with Crippen molar-refractivity contribution in [2.75, 3.05) is 13.7 Å². The predicted octanol–water partition coefficient (Wildman–Crippen LogP) is 5.22. The quantitative estimate of drug-likeness (QED) is 0.346. The minimum Gasteiger partial charge on any atom is -0.508 e. The molecule has 8 heteroatoms. The highest BCUT2D eigenvalue weighted by molar-refractivity contribution is 5.87. The third kappa shape index (κ3) is 5.67. The lowest BCUT2D eigenvalue weighted by molar-refractivity contribution is 0.415. The van der Waals surface area contributed by atoms with Gasteiger partial charge in [0.25, 0.3) is 0 Å². The van der Waals surface area contributed by atoms with Gasteiger partial charge >= 0.3 is 0 Å². The summed E-state index contributed by atoms with van der Waals surface area (Å²) in [7, 11) is 1.56. The number of benzene rings is 2. The molecule has 0 saturated heterocycles. The van der Waals surface area contributed by atoms with Crippen molar-refractivity contribution in [3.8, 4) is 28.4 Å². The van der Waals surface area contributed by atoms with Crippen molar-refractivity contribution in [2.45, 2.75) is 20.3 Å². The van der Waals surface area contributed by atoms with Crippen LogP contribution in [-0.4, -0.2) is 23.9 Å². The maximum absolute atomic E-state index is 12.5. The zero-order valence-electron chi connectivity index (χ0n) is 16.5. The van der Waals surface area contributed by atoms with Crippen LogP contribution in [0.1, 0.15) is 20.3 Å². The predicted molar refractivity (Wildman–Crippen MR) is 111 cm³/mol. The summed E-state index contributed by atoms with van der Waals surface area (Å²) in [5.74, 6) is 0.839.